The molecular weight excluding hydrogens is 348 g/mol. The molecule has 2 aromatic heterocycles. The number of fused-ring (bicyclic) bond motifs is 2. The number of pyridine rings is 1. The van der Waals surface area contributed by atoms with Crippen LogP contribution in [0.15, 0.2) is 41.2 Å². The van der Waals surface area contributed by atoms with Crippen molar-refractivity contribution in [3.8, 4) is 0 Å². The predicted molar refractivity (Wildman–Crippen MR) is 102 cm³/mol. The van der Waals surface area contributed by atoms with Crippen molar-refractivity contribution >= 4 is 21.9 Å². The van der Waals surface area contributed by atoms with Crippen molar-refractivity contribution in [2.45, 2.75) is 33.2 Å². The van der Waals surface area contributed by atoms with E-state index in [1.54, 1.807) is 0 Å². The van der Waals surface area contributed by atoms with E-state index in [2.05, 4.69) is 23.4 Å². The molecule has 2 heterocycles. The first-order valence-corrected chi connectivity index (χ1v) is 8.82. The second kappa shape index (κ2) is 6.30. The summed E-state index contributed by atoms with van der Waals surface area (Å²) in [6, 6.07) is 9.94. The van der Waals surface area contributed by atoms with Gasteiger partial charge in [0.15, 0.2) is 11.6 Å². The predicted octanol–water partition coefficient (Wildman–Crippen LogP) is 4.64. The molecule has 4 rings (SSSR count). The maximum Gasteiger partial charge on any atom is 0.248 e. The smallest absolute Gasteiger partial charge is 0.248 e. The highest BCUT2D eigenvalue weighted by Crippen LogP contribution is 2.27. The van der Waals surface area contributed by atoms with Crippen LogP contribution >= 0.6 is 0 Å². The summed E-state index contributed by atoms with van der Waals surface area (Å²) in [5, 5.41) is 0.485. The minimum atomic E-state index is -1.04. The molecule has 0 aliphatic carbocycles. The maximum absolute atomic E-state index is 14.2. The van der Waals surface area contributed by atoms with Crippen molar-refractivity contribution < 1.29 is 8.78 Å². The topological polar surface area (TPSA) is 50.7 Å². The van der Waals surface area contributed by atoms with Gasteiger partial charge in [0, 0.05) is 17.4 Å². The van der Waals surface area contributed by atoms with Crippen molar-refractivity contribution in [3.63, 3.8) is 0 Å². The zero-order chi connectivity index (χ0) is 19.3. The van der Waals surface area contributed by atoms with E-state index in [0.29, 0.717) is 17.5 Å². The highest BCUT2D eigenvalue weighted by molar-refractivity contribution is 5.84. The monoisotopic (exact) mass is 367 g/mol. The molecule has 0 radical (unpaired) electrons. The fourth-order valence-electron chi connectivity index (χ4n) is 3.62. The molecule has 1 N–H and O–H groups in total. The molecule has 0 saturated carbocycles. The minimum Gasteiger partial charge on any atom is -0.323 e. The van der Waals surface area contributed by atoms with Crippen LogP contribution in [0.25, 0.3) is 21.9 Å². The first-order valence-electron chi connectivity index (χ1n) is 8.82. The first-order chi connectivity index (χ1) is 12.9. The van der Waals surface area contributed by atoms with Gasteiger partial charge in [0.1, 0.15) is 5.82 Å². The van der Waals surface area contributed by atoms with Gasteiger partial charge in [-0.25, -0.2) is 13.8 Å². The van der Waals surface area contributed by atoms with Gasteiger partial charge in [0.25, 0.3) is 0 Å². The Hall–Kier alpha value is -3.02. The number of benzene rings is 2. The number of H-pyrrole nitrogens is 1. The molecule has 0 unspecified atom stereocenters. The van der Waals surface area contributed by atoms with Gasteiger partial charge in [-0.2, -0.15) is 0 Å². The standard InChI is InChI=1S/C21H19F2N3O/c1-11(2)21-24-16-6-4-5-12(3)20(16)26(21)10-13-9-17(27)25-19-14(13)7-8-15(22)18(19)23/h4-9,11H,10H2,1-3H3,(H,25,27). The highest BCUT2D eigenvalue weighted by Gasteiger charge is 2.18. The third-order valence-corrected chi connectivity index (χ3v) is 4.84. The van der Waals surface area contributed by atoms with Crippen LogP contribution in [-0.2, 0) is 6.54 Å². The lowest BCUT2D eigenvalue weighted by atomic mass is 10.1. The fraction of sp³-hybridized carbons (Fsp3) is 0.238. The molecule has 0 fully saturated rings. The second-order valence-electron chi connectivity index (χ2n) is 7.10. The van der Waals surface area contributed by atoms with Crippen LogP contribution in [0.1, 0.15) is 36.7 Å². The summed E-state index contributed by atoms with van der Waals surface area (Å²) in [6.07, 6.45) is 0. The van der Waals surface area contributed by atoms with Crippen molar-refractivity contribution in [1.82, 2.24) is 14.5 Å². The Morgan fingerprint density at radius 1 is 1.19 bits per heavy atom. The molecule has 0 atom stereocenters. The van der Waals surface area contributed by atoms with Gasteiger partial charge < -0.3 is 9.55 Å². The number of para-hydroxylation sites is 1. The summed E-state index contributed by atoms with van der Waals surface area (Å²) in [6.45, 7) is 6.46. The fourth-order valence-corrected chi connectivity index (χ4v) is 3.62. The van der Waals surface area contributed by atoms with E-state index in [4.69, 9.17) is 4.98 Å². The van der Waals surface area contributed by atoms with E-state index in [-0.39, 0.29) is 11.4 Å². The van der Waals surface area contributed by atoms with Gasteiger partial charge in [0.2, 0.25) is 5.56 Å². The van der Waals surface area contributed by atoms with Gasteiger partial charge in [-0.05, 0) is 36.2 Å². The van der Waals surface area contributed by atoms with E-state index in [1.165, 1.54) is 12.1 Å². The summed E-state index contributed by atoms with van der Waals surface area (Å²) >= 11 is 0. The SMILES string of the molecule is Cc1cccc2nc(C(C)C)n(Cc3cc(=O)[nH]c4c(F)c(F)ccc34)c12. The maximum atomic E-state index is 14.2. The van der Waals surface area contributed by atoms with Crippen LogP contribution < -0.4 is 5.56 Å². The van der Waals surface area contributed by atoms with Crippen LogP contribution in [0.5, 0.6) is 0 Å². The molecular formula is C21H19F2N3O. The van der Waals surface area contributed by atoms with E-state index in [0.717, 1.165) is 28.5 Å². The van der Waals surface area contributed by atoms with Gasteiger partial charge in [-0.1, -0.05) is 26.0 Å². The zero-order valence-corrected chi connectivity index (χ0v) is 15.3. The van der Waals surface area contributed by atoms with E-state index < -0.39 is 17.2 Å². The minimum absolute atomic E-state index is 0.107. The first kappa shape index (κ1) is 17.4. The third kappa shape index (κ3) is 2.81. The second-order valence-corrected chi connectivity index (χ2v) is 7.10. The van der Waals surface area contributed by atoms with Crippen LogP contribution in [-0.4, -0.2) is 14.5 Å². The van der Waals surface area contributed by atoms with Gasteiger partial charge in [-0.15, -0.1) is 0 Å². The lowest BCUT2D eigenvalue weighted by Crippen LogP contribution is -2.13. The van der Waals surface area contributed by atoms with Crippen LogP contribution in [0.3, 0.4) is 0 Å². The number of nitrogens with zero attached hydrogens (tertiary/aromatic N) is 2. The Bertz CT molecular complexity index is 1240. The van der Waals surface area contributed by atoms with Crippen molar-refractivity contribution in [1.29, 1.82) is 0 Å². The molecule has 2 aromatic carbocycles. The Morgan fingerprint density at radius 2 is 1.96 bits per heavy atom. The highest BCUT2D eigenvalue weighted by atomic mass is 19.2. The largest absolute Gasteiger partial charge is 0.323 e. The molecule has 0 saturated heterocycles. The number of halogens is 2. The quantitative estimate of drug-likeness (QED) is 0.574. The molecule has 0 amide bonds. The average molecular weight is 367 g/mol. The normalized spacial score (nSPS) is 11.8. The van der Waals surface area contributed by atoms with Gasteiger partial charge in [-0.3, -0.25) is 4.79 Å². The van der Waals surface area contributed by atoms with E-state index in [9.17, 15) is 13.6 Å². The molecule has 0 aliphatic heterocycles. The number of imidazole rings is 1. The molecule has 138 valence electrons. The molecule has 0 aliphatic rings. The lowest BCUT2D eigenvalue weighted by Gasteiger charge is -2.14. The van der Waals surface area contributed by atoms with Crippen LogP contribution in [0.4, 0.5) is 8.78 Å². The molecule has 6 heteroatoms. The summed E-state index contributed by atoms with van der Waals surface area (Å²) in [7, 11) is 0. The molecule has 0 spiro atoms. The molecule has 27 heavy (non-hydrogen) atoms. The summed E-state index contributed by atoms with van der Waals surface area (Å²) < 4.78 is 29.9. The van der Waals surface area contributed by atoms with Crippen LogP contribution in [0.2, 0.25) is 0 Å². The Kier molecular flexibility index (Phi) is 4.06. The number of hydrogen-bond acceptors (Lipinski definition) is 2. The van der Waals surface area contributed by atoms with E-state index in [1.807, 2.05) is 25.1 Å². The van der Waals surface area contributed by atoms with Crippen molar-refractivity contribution in [2.75, 3.05) is 0 Å². The summed E-state index contributed by atoms with van der Waals surface area (Å²) in [5.74, 6) is -0.973. The Morgan fingerprint density at radius 3 is 2.70 bits per heavy atom. The number of nitrogens with one attached hydrogen (secondary N) is 1. The number of aromatic amines is 1. The number of aromatic nitrogens is 3. The zero-order valence-electron chi connectivity index (χ0n) is 15.3. The summed E-state index contributed by atoms with van der Waals surface area (Å²) in [4.78, 5) is 19.2. The average Bonchev–Trinajstić information content (AvgIpc) is 2.99. The van der Waals surface area contributed by atoms with Gasteiger partial charge in [0.05, 0.1) is 23.1 Å². The van der Waals surface area contributed by atoms with Crippen molar-refractivity contribution in [3.05, 3.63) is 75.3 Å². The third-order valence-electron chi connectivity index (χ3n) is 4.84. The Labute approximate surface area is 154 Å². The molecule has 4 nitrogen and oxygen atoms in total. The summed E-state index contributed by atoms with van der Waals surface area (Å²) in [5.41, 5.74) is 2.98. The number of rotatable bonds is 3. The van der Waals surface area contributed by atoms with Gasteiger partial charge >= 0.3 is 0 Å². The number of aryl methyl sites for hydroxylation is 1. The molecule has 4 aromatic rings. The van der Waals surface area contributed by atoms with Crippen molar-refractivity contribution in [2.24, 2.45) is 0 Å². The Balaban J connectivity index is 1.99. The van der Waals surface area contributed by atoms with Crippen LogP contribution in [0, 0.1) is 18.6 Å². The lowest BCUT2D eigenvalue weighted by molar-refractivity contribution is 0.515. The molecule has 0 bridgehead atoms. The van der Waals surface area contributed by atoms with E-state index >= 15 is 0 Å². The number of hydrogen-bond donors (Lipinski definition) is 1.